The molecule has 0 aliphatic carbocycles. The lowest BCUT2D eigenvalue weighted by atomic mass is 10.0. The third kappa shape index (κ3) is 10.4. The van der Waals surface area contributed by atoms with Gasteiger partial charge in [-0.1, -0.05) is 127 Å². The van der Waals surface area contributed by atoms with Gasteiger partial charge in [-0.2, -0.15) is 0 Å². The minimum Gasteiger partial charge on any atom is -0.384 e. The van der Waals surface area contributed by atoms with Crippen molar-refractivity contribution in [2.24, 2.45) is 0 Å². The molecule has 0 spiro atoms. The van der Waals surface area contributed by atoms with Gasteiger partial charge in [-0.15, -0.1) is 0 Å². The van der Waals surface area contributed by atoms with Gasteiger partial charge in [0.25, 0.3) is 0 Å². The highest BCUT2D eigenvalue weighted by molar-refractivity contribution is 5.95. The molecule has 0 aromatic heterocycles. The lowest BCUT2D eigenvalue weighted by Gasteiger charge is -2.14. The van der Waals surface area contributed by atoms with Crippen LogP contribution >= 0.6 is 0 Å². The molecule has 0 amide bonds. The van der Waals surface area contributed by atoms with Crippen LogP contribution in [0, 0.1) is 0 Å². The highest BCUT2D eigenvalue weighted by Gasteiger charge is 2.05. The van der Waals surface area contributed by atoms with E-state index in [1.165, 1.54) is 66.1 Å². The third-order valence-electron chi connectivity index (χ3n) is 10.0. The molecule has 0 aliphatic rings. The van der Waals surface area contributed by atoms with E-state index in [9.17, 15) is 0 Å². The predicted octanol–water partition coefficient (Wildman–Crippen LogP) is 9.92. The van der Waals surface area contributed by atoms with Gasteiger partial charge in [-0.3, -0.25) is 0 Å². The van der Waals surface area contributed by atoms with Gasteiger partial charge in [0, 0.05) is 72.5 Å². The molecule has 0 unspecified atom stereocenters. The van der Waals surface area contributed by atoms with Crippen LogP contribution in [0.15, 0.2) is 146 Å². The van der Waals surface area contributed by atoms with Gasteiger partial charge in [0.1, 0.15) is 0 Å². The number of fused-ring (bicyclic) bond motifs is 3. The second-order valence-corrected chi connectivity index (χ2v) is 14.1. The first-order valence-electron chi connectivity index (χ1n) is 19.7. The topological polar surface area (TPSA) is 72.2 Å². The largest absolute Gasteiger partial charge is 0.384 e. The van der Waals surface area contributed by atoms with Gasteiger partial charge in [0.2, 0.25) is 0 Å². The van der Waals surface area contributed by atoms with E-state index in [0.717, 1.165) is 78.2 Å². The van der Waals surface area contributed by atoms with Gasteiger partial charge in [-0.25, -0.2) is 0 Å². The molecular weight excluding hydrogens is 661 g/mol. The van der Waals surface area contributed by atoms with Crippen molar-refractivity contribution in [3.63, 3.8) is 0 Å². The van der Waals surface area contributed by atoms with Crippen molar-refractivity contribution >= 4 is 49.4 Å². The maximum Gasteiger partial charge on any atom is 0.0419 e. The lowest BCUT2D eigenvalue weighted by molar-refractivity contribution is 0.644. The van der Waals surface area contributed by atoms with Crippen molar-refractivity contribution in [1.82, 2.24) is 16.0 Å². The lowest BCUT2D eigenvalue weighted by Crippen LogP contribution is -2.21. The summed E-state index contributed by atoms with van der Waals surface area (Å²) in [6, 6.07) is 52.2. The Bertz CT molecular complexity index is 1950. The van der Waals surface area contributed by atoms with Crippen LogP contribution in [0.1, 0.15) is 36.0 Å². The fourth-order valence-electron chi connectivity index (χ4n) is 7.29. The van der Waals surface area contributed by atoms with Gasteiger partial charge in [-0.05, 0) is 89.9 Å². The Hall–Kier alpha value is -5.40. The summed E-state index contributed by atoms with van der Waals surface area (Å²) in [6.07, 6.45) is 3.16. The smallest absolute Gasteiger partial charge is 0.0419 e. The molecule has 0 saturated carbocycles. The molecule has 54 heavy (non-hydrogen) atoms. The fourth-order valence-corrected chi connectivity index (χ4v) is 7.29. The highest BCUT2D eigenvalue weighted by Crippen LogP contribution is 2.25. The molecule has 0 fully saturated rings. The van der Waals surface area contributed by atoms with Crippen LogP contribution in [0.5, 0.6) is 0 Å². The highest BCUT2D eigenvalue weighted by atomic mass is 14.9. The number of hydrogen-bond donors (Lipinski definition) is 6. The molecule has 0 radical (unpaired) electrons. The Morgan fingerprint density at radius 3 is 0.926 bits per heavy atom. The van der Waals surface area contributed by atoms with Crippen molar-refractivity contribution < 1.29 is 0 Å². The van der Waals surface area contributed by atoms with Crippen LogP contribution in [-0.2, 0) is 19.6 Å². The SMILES string of the molecule is c1ccc2c(NCCCNCc3cc(CNCCCNc4cccc5ccccc45)cc(CNCCCNc4cccc5ccccc45)c3)cccc2c1. The maximum absolute atomic E-state index is 3.71. The summed E-state index contributed by atoms with van der Waals surface area (Å²) in [6.45, 7) is 8.27. The quantitative estimate of drug-likeness (QED) is 0.0417. The number of nitrogens with one attached hydrogen (secondary N) is 6. The summed E-state index contributed by atoms with van der Waals surface area (Å²) in [5.41, 5.74) is 7.63. The van der Waals surface area contributed by atoms with E-state index in [1.807, 2.05) is 0 Å². The minimum atomic E-state index is 0.860. The Balaban J connectivity index is 0.875. The molecule has 7 rings (SSSR count). The van der Waals surface area contributed by atoms with Crippen molar-refractivity contribution in [3.05, 3.63) is 162 Å². The van der Waals surface area contributed by atoms with Crippen molar-refractivity contribution in [2.45, 2.75) is 38.9 Å². The first kappa shape index (κ1) is 36.9. The van der Waals surface area contributed by atoms with E-state index in [-0.39, 0.29) is 0 Å². The van der Waals surface area contributed by atoms with Gasteiger partial charge >= 0.3 is 0 Å². The average Bonchev–Trinajstić information content (AvgIpc) is 3.22. The fraction of sp³-hybridized carbons (Fsp3) is 0.250. The van der Waals surface area contributed by atoms with E-state index < -0.39 is 0 Å². The van der Waals surface area contributed by atoms with Crippen LogP contribution in [-0.4, -0.2) is 39.3 Å². The van der Waals surface area contributed by atoms with Crippen LogP contribution in [0.25, 0.3) is 32.3 Å². The van der Waals surface area contributed by atoms with Gasteiger partial charge in [0.15, 0.2) is 0 Å². The Morgan fingerprint density at radius 1 is 0.296 bits per heavy atom. The maximum atomic E-state index is 3.71. The molecule has 0 atom stereocenters. The summed E-state index contributed by atoms with van der Waals surface area (Å²) in [5, 5.41) is 29.7. The standard InChI is InChI=1S/C48H54N6/c1-4-19-43-40(13-1)16-7-22-46(43)52-28-10-25-49-34-37-31-38(35-50-26-11-29-53-47-23-8-17-41-14-2-5-20-44(41)47)33-39(32-37)36-51-27-12-30-54-48-24-9-18-42-15-3-6-21-45(42)48/h1-9,13-24,31-33,49-54H,10-12,25-30,34-36H2. The molecule has 0 aliphatic heterocycles. The van der Waals surface area contributed by atoms with E-state index in [2.05, 4.69) is 177 Å². The zero-order valence-electron chi connectivity index (χ0n) is 31.3. The molecule has 0 bridgehead atoms. The second kappa shape index (κ2) is 19.6. The summed E-state index contributed by atoms with van der Waals surface area (Å²) < 4.78 is 0. The van der Waals surface area contributed by atoms with E-state index in [1.54, 1.807) is 0 Å². The van der Waals surface area contributed by atoms with Gasteiger partial charge in [0.05, 0.1) is 0 Å². The van der Waals surface area contributed by atoms with Crippen LogP contribution in [0.4, 0.5) is 17.1 Å². The second-order valence-electron chi connectivity index (χ2n) is 14.1. The first-order valence-corrected chi connectivity index (χ1v) is 19.7. The predicted molar refractivity (Wildman–Crippen MR) is 233 cm³/mol. The molecule has 6 N–H and O–H groups in total. The number of anilines is 3. The monoisotopic (exact) mass is 714 g/mol. The van der Waals surface area contributed by atoms with Crippen molar-refractivity contribution in [2.75, 3.05) is 55.2 Å². The van der Waals surface area contributed by atoms with E-state index in [4.69, 9.17) is 0 Å². The zero-order chi connectivity index (χ0) is 36.6. The summed E-state index contributed by atoms with van der Waals surface area (Å²) in [5.74, 6) is 0. The Labute approximate surface area is 320 Å². The van der Waals surface area contributed by atoms with Crippen LogP contribution in [0.2, 0.25) is 0 Å². The zero-order valence-corrected chi connectivity index (χ0v) is 31.3. The summed E-state index contributed by atoms with van der Waals surface area (Å²) in [7, 11) is 0. The third-order valence-corrected chi connectivity index (χ3v) is 10.0. The summed E-state index contributed by atoms with van der Waals surface area (Å²) in [4.78, 5) is 0. The van der Waals surface area contributed by atoms with E-state index in [0.29, 0.717) is 0 Å². The Kier molecular flexibility index (Phi) is 13.4. The van der Waals surface area contributed by atoms with Crippen molar-refractivity contribution in [1.29, 1.82) is 0 Å². The Morgan fingerprint density at radius 2 is 0.593 bits per heavy atom. The molecule has 0 heterocycles. The normalized spacial score (nSPS) is 11.3. The number of hydrogen-bond acceptors (Lipinski definition) is 6. The molecule has 0 saturated heterocycles. The van der Waals surface area contributed by atoms with Crippen LogP contribution < -0.4 is 31.9 Å². The van der Waals surface area contributed by atoms with Crippen molar-refractivity contribution in [3.8, 4) is 0 Å². The van der Waals surface area contributed by atoms with E-state index >= 15 is 0 Å². The minimum absolute atomic E-state index is 0.860. The molecule has 7 aromatic rings. The van der Waals surface area contributed by atoms with Crippen LogP contribution in [0.3, 0.4) is 0 Å². The molecule has 7 aromatic carbocycles. The average molecular weight is 715 g/mol. The molecular formula is C48H54N6. The molecule has 6 nitrogen and oxygen atoms in total. The molecule has 276 valence electrons. The number of rotatable bonds is 21. The summed E-state index contributed by atoms with van der Waals surface area (Å²) >= 11 is 0. The molecule has 6 heteroatoms. The van der Waals surface area contributed by atoms with Gasteiger partial charge < -0.3 is 31.9 Å². The first-order chi connectivity index (χ1) is 26.8. The number of benzene rings is 7.